The molecule has 0 radical (unpaired) electrons. The minimum absolute atomic E-state index is 0.0993. The Hall–Kier alpha value is -1.66. The first-order valence-corrected chi connectivity index (χ1v) is 8.68. The molecule has 1 aromatic rings. The summed E-state index contributed by atoms with van der Waals surface area (Å²) in [5.74, 6) is 0.569. The van der Waals surface area contributed by atoms with E-state index >= 15 is 0 Å². The Kier molecular flexibility index (Phi) is 7.46. The van der Waals surface area contributed by atoms with Crippen molar-refractivity contribution >= 4 is 5.91 Å². The van der Waals surface area contributed by atoms with Crippen LogP contribution < -0.4 is 10.1 Å². The molecule has 6 heteroatoms. The maximum atomic E-state index is 12.4. The van der Waals surface area contributed by atoms with Gasteiger partial charge in [0.15, 0.2) is 0 Å². The van der Waals surface area contributed by atoms with Gasteiger partial charge in [-0.05, 0) is 37.3 Å². The summed E-state index contributed by atoms with van der Waals surface area (Å²) in [6, 6.07) is 3.70. The fourth-order valence-corrected chi connectivity index (χ4v) is 2.63. The third-order valence-electron chi connectivity index (χ3n) is 3.91. The molecule has 1 aromatic heterocycles. The summed E-state index contributed by atoms with van der Waals surface area (Å²) >= 11 is 0. The number of hydrogen-bond acceptors (Lipinski definition) is 5. The van der Waals surface area contributed by atoms with E-state index in [1.165, 1.54) is 0 Å². The number of amides is 1. The van der Waals surface area contributed by atoms with E-state index in [4.69, 9.17) is 14.2 Å². The van der Waals surface area contributed by atoms with Crippen LogP contribution >= 0.6 is 0 Å². The largest absolute Gasteiger partial charge is 0.478 e. The predicted molar refractivity (Wildman–Crippen MR) is 90.8 cm³/mol. The Morgan fingerprint density at radius 1 is 1.50 bits per heavy atom. The minimum atomic E-state index is -0.470. The van der Waals surface area contributed by atoms with Gasteiger partial charge in [0, 0.05) is 25.4 Å². The number of pyridine rings is 1. The molecule has 2 heterocycles. The maximum absolute atomic E-state index is 12.4. The molecule has 1 aliphatic rings. The van der Waals surface area contributed by atoms with E-state index in [0.717, 1.165) is 25.0 Å². The first kappa shape index (κ1) is 18.7. The first-order valence-electron chi connectivity index (χ1n) is 8.68. The summed E-state index contributed by atoms with van der Waals surface area (Å²) in [6.45, 7) is 8.13. The smallest absolute Gasteiger partial charge is 0.249 e. The van der Waals surface area contributed by atoms with Gasteiger partial charge in [0.25, 0.3) is 0 Å². The Labute approximate surface area is 143 Å². The van der Waals surface area contributed by atoms with Gasteiger partial charge in [0.2, 0.25) is 11.8 Å². The van der Waals surface area contributed by atoms with Crippen molar-refractivity contribution in [2.45, 2.75) is 52.4 Å². The Morgan fingerprint density at radius 2 is 2.33 bits per heavy atom. The van der Waals surface area contributed by atoms with Gasteiger partial charge in [0.1, 0.15) is 6.10 Å². The van der Waals surface area contributed by atoms with Crippen LogP contribution in [-0.2, 0) is 20.8 Å². The lowest BCUT2D eigenvalue weighted by Gasteiger charge is -2.22. The number of aromatic nitrogens is 1. The fourth-order valence-electron chi connectivity index (χ4n) is 2.63. The van der Waals surface area contributed by atoms with Crippen molar-refractivity contribution in [2.24, 2.45) is 5.92 Å². The third kappa shape index (κ3) is 5.76. The highest BCUT2D eigenvalue weighted by Crippen LogP contribution is 2.15. The lowest BCUT2D eigenvalue weighted by molar-refractivity contribution is -0.138. The molecule has 1 fully saturated rings. The van der Waals surface area contributed by atoms with Crippen LogP contribution in [0, 0.1) is 5.92 Å². The number of carbonyl (C=O) groups excluding carboxylic acids is 1. The van der Waals surface area contributed by atoms with Crippen LogP contribution in [0.3, 0.4) is 0 Å². The Balaban J connectivity index is 1.84. The van der Waals surface area contributed by atoms with Crippen molar-refractivity contribution in [3.05, 3.63) is 23.9 Å². The zero-order chi connectivity index (χ0) is 17.4. The van der Waals surface area contributed by atoms with E-state index in [-0.39, 0.29) is 17.9 Å². The zero-order valence-electron chi connectivity index (χ0n) is 14.8. The summed E-state index contributed by atoms with van der Waals surface area (Å²) in [7, 11) is 0. The second kappa shape index (κ2) is 9.59. The molecule has 0 bridgehead atoms. The molecular weight excluding hydrogens is 308 g/mol. The van der Waals surface area contributed by atoms with Gasteiger partial charge >= 0.3 is 0 Å². The number of nitrogens with zero attached hydrogens (tertiary/aromatic N) is 1. The quantitative estimate of drug-likeness (QED) is 0.749. The van der Waals surface area contributed by atoms with E-state index in [2.05, 4.69) is 10.3 Å². The normalized spacial score (nSPS) is 18.6. The minimum Gasteiger partial charge on any atom is -0.478 e. The fraction of sp³-hybridized carbons (Fsp3) is 0.667. The summed E-state index contributed by atoms with van der Waals surface area (Å²) < 4.78 is 16.7. The van der Waals surface area contributed by atoms with Crippen molar-refractivity contribution in [1.29, 1.82) is 0 Å². The average Bonchev–Trinajstić information content (AvgIpc) is 3.07. The third-order valence-corrected chi connectivity index (χ3v) is 3.91. The van der Waals surface area contributed by atoms with Crippen LogP contribution in [0.1, 0.15) is 39.2 Å². The highest BCUT2D eigenvalue weighted by Gasteiger charge is 2.25. The van der Waals surface area contributed by atoms with Gasteiger partial charge in [-0.3, -0.25) is 4.79 Å². The second-order valence-corrected chi connectivity index (χ2v) is 6.29. The summed E-state index contributed by atoms with van der Waals surface area (Å²) in [6.07, 6.45) is 3.40. The second-order valence-electron chi connectivity index (χ2n) is 6.29. The summed E-state index contributed by atoms with van der Waals surface area (Å²) in [4.78, 5) is 16.6. The van der Waals surface area contributed by atoms with Crippen LogP contribution in [0.2, 0.25) is 0 Å². The molecule has 0 spiro atoms. The SMILES string of the molecule is CCOc1cc(CNC(=O)[C@H](OC[C@@H]2CCCO2)C(C)C)ccn1. The van der Waals surface area contributed by atoms with Crippen molar-refractivity contribution in [2.75, 3.05) is 19.8 Å². The maximum Gasteiger partial charge on any atom is 0.249 e. The van der Waals surface area contributed by atoms with Gasteiger partial charge < -0.3 is 19.5 Å². The highest BCUT2D eigenvalue weighted by molar-refractivity contribution is 5.81. The van der Waals surface area contributed by atoms with E-state index in [0.29, 0.717) is 25.6 Å². The van der Waals surface area contributed by atoms with Gasteiger partial charge in [-0.25, -0.2) is 4.98 Å². The van der Waals surface area contributed by atoms with Crippen molar-refractivity contribution in [3.63, 3.8) is 0 Å². The molecule has 1 aliphatic heterocycles. The van der Waals surface area contributed by atoms with E-state index in [9.17, 15) is 4.79 Å². The number of nitrogens with one attached hydrogen (secondary N) is 1. The molecule has 134 valence electrons. The number of ether oxygens (including phenoxy) is 3. The van der Waals surface area contributed by atoms with Gasteiger partial charge in [-0.15, -0.1) is 0 Å². The lowest BCUT2D eigenvalue weighted by atomic mass is 10.1. The lowest BCUT2D eigenvalue weighted by Crippen LogP contribution is -2.40. The topological polar surface area (TPSA) is 69.7 Å². The molecular formula is C18H28N2O4. The molecule has 6 nitrogen and oxygen atoms in total. The van der Waals surface area contributed by atoms with Crippen LogP contribution in [-0.4, -0.2) is 42.9 Å². The molecule has 1 saturated heterocycles. The molecule has 1 amide bonds. The van der Waals surface area contributed by atoms with Gasteiger partial charge in [-0.1, -0.05) is 13.8 Å². The van der Waals surface area contributed by atoms with Crippen LogP contribution in [0.25, 0.3) is 0 Å². The van der Waals surface area contributed by atoms with E-state index in [1.54, 1.807) is 6.20 Å². The molecule has 24 heavy (non-hydrogen) atoms. The van der Waals surface area contributed by atoms with E-state index in [1.807, 2.05) is 32.9 Å². The molecule has 0 saturated carbocycles. The van der Waals surface area contributed by atoms with Crippen LogP contribution in [0.5, 0.6) is 5.88 Å². The highest BCUT2D eigenvalue weighted by atomic mass is 16.5. The van der Waals surface area contributed by atoms with E-state index < -0.39 is 6.10 Å². The molecule has 0 aromatic carbocycles. The average molecular weight is 336 g/mol. The van der Waals surface area contributed by atoms with Crippen molar-refractivity contribution in [1.82, 2.24) is 10.3 Å². The number of rotatable bonds is 9. The molecule has 0 aliphatic carbocycles. The standard InChI is InChI=1S/C18H28N2O4/c1-4-22-16-10-14(7-8-19-16)11-20-18(21)17(13(2)3)24-12-15-6-5-9-23-15/h7-8,10,13,15,17H,4-6,9,11-12H2,1-3H3,(H,20,21)/t15-,17+/m0/s1. The van der Waals surface area contributed by atoms with Crippen molar-refractivity contribution < 1.29 is 19.0 Å². The molecule has 1 N–H and O–H groups in total. The number of carbonyl (C=O) groups is 1. The Morgan fingerprint density at radius 3 is 3.00 bits per heavy atom. The summed E-state index contributed by atoms with van der Waals surface area (Å²) in [5, 5.41) is 2.94. The number of hydrogen-bond donors (Lipinski definition) is 1. The summed E-state index contributed by atoms with van der Waals surface area (Å²) in [5.41, 5.74) is 0.948. The predicted octanol–water partition coefficient (Wildman–Crippen LogP) is 2.32. The molecule has 0 unspecified atom stereocenters. The molecule has 2 rings (SSSR count). The Bertz CT molecular complexity index is 515. The van der Waals surface area contributed by atoms with Crippen molar-refractivity contribution in [3.8, 4) is 5.88 Å². The van der Waals surface area contributed by atoms with Gasteiger partial charge in [0.05, 0.1) is 19.3 Å². The van der Waals surface area contributed by atoms with Gasteiger partial charge in [-0.2, -0.15) is 0 Å². The van der Waals surface area contributed by atoms with Crippen LogP contribution in [0.15, 0.2) is 18.3 Å². The zero-order valence-corrected chi connectivity index (χ0v) is 14.8. The monoisotopic (exact) mass is 336 g/mol. The first-order chi connectivity index (χ1) is 11.6. The van der Waals surface area contributed by atoms with Crippen LogP contribution in [0.4, 0.5) is 0 Å². The molecule has 2 atom stereocenters.